The highest BCUT2D eigenvalue weighted by molar-refractivity contribution is 5.99. The van der Waals surface area contributed by atoms with Crippen LogP contribution in [0.3, 0.4) is 0 Å². The van der Waals surface area contributed by atoms with Gasteiger partial charge in [0.25, 0.3) is 5.91 Å². The van der Waals surface area contributed by atoms with E-state index in [2.05, 4.69) is 5.32 Å². The van der Waals surface area contributed by atoms with Gasteiger partial charge in [-0.2, -0.15) is 0 Å². The Hall–Kier alpha value is -2.41. The molecule has 0 saturated carbocycles. The Bertz CT molecular complexity index is 745. The molecule has 3 unspecified atom stereocenters. The van der Waals surface area contributed by atoms with Crippen molar-refractivity contribution in [2.45, 2.75) is 44.9 Å². The lowest BCUT2D eigenvalue weighted by atomic mass is 10.0. The molecule has 0 bridgehead atoms. The number of anilines is 1. The summed E-state index contributed by atoms with van der Waals surface area (Å²) < 4.78 is 5.48. The number of amides is 2. The topological polar surface area (TPSA) is 79.0 Å². The Morgan fingerprint density at radius 3 is 2.54 bits per heavy atom. The third-order valence-electron chi connectivity index (χ3n) is 5.35. The average molecular weight is 387 g/mol. The minimum atomic E-state index is -0.659. The van der Waals surface area contributed by atoms with Crippen LogP contribution in [0.15, 0.2) is 24.3 Å². The van der Waals surface area contributed by atoms with Crippen molar-refractivity contribution in [3.8, 4) is 0 Å². The standard InChI is InChI=1S/C21H29N3O4/c1-13(2)11-16(21(27)24-10-9-18-19(24)17(25)12-28-18)22-20(26)14-5-7-15(8-6-14)23(3)4/h5-8,13,16,18-19H,9-12H2,1-4H3,(H,22,26). The first-order chi connectivity index (χ1) is 13.3. The van der Waals surface area contributed by atoms with E-state index < -0.39 is 12.1 Å². The normalized spacial score (nSPS) is 22.3. The fourth-order valence-electron chi connectivity index (χ4n) is 3.89. The van der Waals surface area contributed by atoms with E-state index in [0.29, 0.717) is 24.9 Å². The predicted molar refractivity (Wildman–Crippen MR) is 106 cm³/mol. The SMILES string of the molecule is CC(C)CC(NC(=O)c1ccc(N(C)C)cc1)C(=O)N1CCC2OCC(=O)C21. The Morgan fingerprint density at radius 1 is 1.25 bits per heavy atom. The number of likely N-dealkylation sites (tertiary alicyclic amines) is 1. The van der Waals surface area contributed by atoms with Crippen molar-refractivity contribution in [2.24, 2.45) is 5.92 Å². The van der Waals surface area contributed by atoms with Crippen molar-refractivity contribution >= 4 is 23.3 Å². The molecular formula is C21H29N3O4. The zero-order valence-electron chi connectivity index (χ0n) is 17.0. The van der Waals surface area contributed by atoms with Crippen molar-refractivity contribution < 1.29 is 19.1 Å². The maximum absolute atomic E-state index is 13.2. The van der Waals surface area contributed by atoms with Crippen molar-refractivity contribution in [3.63, 3.8) is 0 Å². The van der Waals surface area contributed by atoms with Crippen molar-refractivity contribution in [3.05, 3.63) is 29.8 Å². The highest BCUT2D eigenvalue weighted by Gasteiger charge is 2.48. The van der Waals surface area contributed by atoms with Gasteiger partial charge >= 0.3 is 0 Å². The Balaban J connectivity index is 1.73. The molecular weight excluding hydrogens is 358 g/mol. The van der Waals surface area contributed by atoms with Crippen LogP contribution in [-0.4, -0.2) is 67.9 Å². The number of carbonyl (C=O) groups excluding carboxylic acids is 3. The van der Waals surface area contributed by atoms with Crippen LogP contribution in [0.4, 0.5) is 5.69 Å². The molecule has 152 valence electrons. The van der Waals surface area contributed by atoms with Gasteiger partial charge in [0.05, 0.1) is 6.10 Å². The molecule has 1 aromatic carbocycles. The summed E-state index contributed by atoms with van der Waals surface area (Å²) in [6.45, 7) is 4.57. The van der Waals surface area contributed by atoms with Gasteiger partial charge in [-0.1, -0.05) is 13.8 Å². The number of nitrogens with one attached hydrogen (secondary N) is 1. The van der Waals surface area contributed by atoms with Gasteiger partial charge in [0.2, 0.25) is 5.91 Å². The molecule has 3 rings (SSSR count). The highest BCUT2D eigenvalue weighted by atomic mass is 16.5. The number of rotatable bonds is 6. The van der Waals surface area contributed by atoms with Crippen molar-refractivity contribution in [2.75, 3.05) is 32.1 Å². The summed E-state index contributed by atoms with van der Waals surface area (Å²) in [6.07, 6.45) is 0.977. The number of fused-ring (bicyclic) bond motifs is 1. The highest BCUT2D eigenvalue weighted by Crippen LogP contribution is 2.28. The molecule has 2 aliphatic heterocycles. The Kier molecular flexibility index (Phi) is 6.03. The maximum Gasteiger partial charge on any atom is 0.251 e. The van der Waals surface area contributed by atoms with Gasteiger partial charge in [-0.05, 0) is 43.0 Å². The minimum Gasteiger partial charge on any atom is -0.378 e. The third-order valence-corrected chi connectivity index (χ3v) is 5.35. The van der Waals surface area contributed by atoms with Gasteiger partial charge < -0.3 is 19.9 Å². The molecule has 2 amide bonds. The molecule has 2 fully saturated rings. The molecule has 1 aromatic rings. The fourth-order valence-corrected chi connectivity index (χ4v) is 3.89. The summed E-state index contributed by atoms with van der Waals surface area (Å²) in [7, 11) is 3.87. The lowest BCUT2D eigenvalue weighted by Gasteiger charge is -2.28. The van der Waals surface area contributed by atoms with Crippen LogP contribution in [0, 0.1) is 5.92 Å². The summed E-state index contributed by atoms with van der Waals surface area (Å²) in [4.78, 5) is 41.6. The second kappa shape index (κ2) is 8.31. The van der Waals surface area contributed by atoms with E-state index in [1.165, 1.54) is 0 Å². The molecule has 2 heterocycles. The van der Waals surface area contributed by atoms with Crippen molar-refractivity contribution in [1.29, 1.82) is 0 Å². The summed E-state index contributed by atoms with van der Waals surface area (Å²) >= 11 is 0. The number of hydrogen-bond acceptors (Lipinski definition) is 5. The maximum atomic E-state index is 13.2. The van der Waals surface area contributed by atoms with Gasteiger partial charge in [0.15, 0.2) is 5.78 Å². The van der Waals surface area contributed by atoms with Crippen LogP contribution in [0.2, 0.25) is 0 Å². The Morgan fingerprint density at radius 2 is 1.93 bits per heavy atom. The van der Waals surface area contributed by atoms with E-state index in [9.17, 15) is 14.4 Å². The van der Waals surface area contributed by atoms with E-state index in [4.69, 9.17) is 4.74 Å². The first-order valence-electron chi connectivity index (χ1n) is 9.81. The van der Waals surface area contributed by atoms with Crippen LogP contribution in [0.1, 0.15) is 37.0 Å². The summed E-state index contributed by atoms with van der Waals surface area (Å²) in [5.41, 5.74) is 1.50. The number of Topliss-reactive ketones (excluding diaryl/α,β-unsaturated/α-hetero) is 1. The molecule has 2 saturated heterocycles. The molecule has 0 aromatic heterocycles. The first-order valence-corrected chi connectivity index (χ1v) is 9.81. The van der Waals surface area contributed by atoms with E-state index >= 15 is 0 Å². The van der Waals surface area contributed by atoms with E-state index in [1.54, 1.807) is 17.0 Å². The average Bonchev–Trinajstić information content (AvgIpc) is 3.23. The van der Waals surface area contributed by atoms with Gasteiger partial charge in [-0.3, -0.25) is 14.4 Å². The van der Waals surface area contributed by atoms with Crippen LogP contribution in [0.5, 0.6) is 0 Å². The lowest BCUT2D eigenvalue weighted by Crippen LogP contribution is -2.52. The molecule has 1 N–H and O–H groups in total. The number of benzene rings is 1. The van der Waals surface area contributed by atoms with Gasteiger partial charge in [-0.25, -0.2) is 0 Å². The number of ether oxygens (including phenoxy) is 1. The first kappa shape index (κ1) is 20.3. The fraction of sp³-hybridized carbons (Fsp3) is 0.571. The van der Waals surface area contributed by atoms with E-state index in [-0.39, 0.29) is 36.2 Å². The predicted octanol–water partition coefficient (Wildman–Crippen LogP) is 1.47. The molecule has 28 heavy (non-hydrogen) atoms. The van der Waals surface area contributed by atoms with Crippen LogP contribution in [0.25, 0.3) is 0 Å². The van der Waals surface area contributed by atoms with Gasteiger partial charge in [0.1, 0.15) is 18.7 Å². The van der Waals surface area contributed by atoms with Crippen LogP contribution >= 0.6 is 0 Å². The quantitative estimate of drug-likeness (QED) is 0.800. The summed E-state index contributed by atoms with van der Waals surface area (Å²) in [5, 5.41) is 2.89. The minimum absolute atomic E-state index is 0.0512. The largest absolute Gasteiger partial charge is 0.378 e. The molecule has 0 aliphatic carbocycles. The molecule has 0 radical (unpaired) electrons. The molecule has 2 aliphatic rings. The third kappa shape index (κ3) is 4.19. The zero-order valence-corrected chi connectivity index (χ0v) is 17.0. The monoisotopic (exact) mass is 387 g/mol. The number of nitrogens with zero attached hydrogens (tertiary/aromatic N) is 2. The lowest BCUT2D eigenvalue weighted by molar-refractivity contribution is -0.138. The van der Waals surface area contributed by atoms with Crippen LogP contribution < -0.4 is 10.2 Å². The second-order valence-corrected chi connectivity index (χ2v) is 8.18. The number of hydrogen-bond donors (Lipinski definition) is 1. The number of carbonyl (C=O) groups is 3. The number of ketones is 1. The van der Waals surface area contributed by atoms with Crippen LogP contribution in [-0.2, 0) is 14.3 Å². The van der Waals surface area contributed by atoms with E-state index in [1.807, 2.05) is 45.0 Å². The molecule has 0 spiro atoms. The van der Waals surface area contributed by atoms with Gasteiger partial charge in [0, 0.05) is 31.9 Å². The summed E-state index contributed by atoms with van der Waals surface area (Å²) in [5.74, 6) is -0.309. The van der Waals surface area contributed by atoms with E-state index in [0.717, 1.165) is 5.69 Å². The Labute approximate surface area is 166 Å². The van der Waals surface area contributed by atoms with Gasteiger partial charge in [-0.15, -0.1) is 0 Å². The molecule has 7 heteroatoms. The smallest absolute Gasteiger partial charge is 0.251 e. The molecule has 7 nitrogen and oxygen atoms in total. The second-order valence-electron chi connectivity index (χ2n) is 8.18. The van der Waals surface area contributed by atoms with Crippen molar-refractivity contribution in [1.82, 2.24) is 10.2 Å². The summed E-state index contributed by atoms with van der Waals surface area (Å²) in [6, 6.07) is 6.08. The zero-order chi connectivity index (χ0) is 20.4. The molecule has 3 atom stereocenters.